The third kappa shape index (κ3) is 4.08. The summed E-state index contributed by atoms with van der Waals surface area (Å²) >= 11 is 0. The van der Waals surface area contributed by atoms with Crippen LogP contribution >= 0.6 is 0 Å². The fourth-order valence-electron chi connectivity index (χ4n) is 2.17. The molecule has 2 N–H and O–H groups in total. The average Bonchev–Trinajstić information content (AvgIpc) is 2.52. The lowest BCUT2D eigenvalue weighted by molar-refractivity contribution is -0.388. The topological polar surface area (TPSA) is 127 Å². The summed E-state index contributed by atoms with van der Waals surface area (Å²) in [5.41, 5.74) is -0.823. The van der Waals surface area contributed by atoms with Gasteiger partial charge in [-0.25, -0.2) is 0 Å². The zero-order valence-corrected chi connectivity index (χ0v) is 12.6. The Kier molecular flexibility index (Phi) is 5.28. The van der Waals surface area contributed by atoms with Gasteiger partial charge in [-0.2, -0.15) is 4.39 Å². The Labute approximate surface area is 140 Å². The highest BCUT2D eigenvalue weighted by Crippen LogP contribution is 2.34. The van der Waals surface area contributed by atoms with Gasteiger partial charge in [0.15, 0.2) is 5.92 Å². The molecule has 0 unspecified atom stereocenters. The maximum atomic E-state index is 14.1. The van der Waals surface area contributed by atoms with Crippen LogP contribution in [0.25, 0.3) is 0 Å². The minimum Gasteiger partial charge on any atom is -0.482 e. The fourth-order valence-corrected chi connectivity index (χ4v) is 2.17. The summed E-state index contributed by atoms with van der Waals surface area (Å²) in [6.07, 6.45) is 0. The molecule has 9 heteroatoms. The van der Waals surface area contributed by atoms with E-state index < -0.39 is 45.6 Å². The van der Waals surface area contributed by atoms with Gasteiger partial charge in [0.05, 0.1) is 4.92 Å². The van der Waals surface area contributed by atoms with Crippen LogP contribution in [0.1, 0.15) is 17.0 Å². The number of hydrogen-bond donors (Lipinski definition) is 2. The second-order valence-electron chi connectivity index (χ2n) is 4.99. The number of nitrogens with zero attached hydrogens (tertiary/aromatic N) is 1. The van der Waals surface area contributed by atoms with E-state index >= 15 is 0 Å². The van der Waals surface area contributed by atoms with Crippen LogP contribution in [0.15, 0.2) is 42.5 Å². The van der Waals surface area contributed by atoms with Crippen LogP contribution < -0.4 is 4.74 Å². The van der Waals surface area contributed by atoms with Crippen molar-refractivity contribution >= 4 is 17.6 Å². The molecule has 25 heavy (non-hydrogen) atoms. The van der Waals surface area contributed by atoms with Crippen molar-refractivity contribution in [2.45, 2.75) is 12.5 Å². The van der Waals surface area contributed by atoms with E-state index in [0.717, 1.165) is 6.07 Å². The van der Waals surface area contributed by atoms with Crippen molar-refractivity contribution in [2.75, 3.05) is 0 Å². The Hall–Kier alpha value is -3.49. The molecule has 0 fully saturated rings. The molecule has 0 heterocycles. The molecule has 0 aromatic heterocycles. The summed E-state index contributed by atoms with van der Waals surface area (Å²) in [6, 6.07) is 9.87. The second-order valence-corrected chi connectivity index (χ2v) is 4.99. The number of carbonyl (C=O) groups is 2. The van der Waals surface area contributed by atoms with E-state index in [4.69, 9.17) is 14.9 Å². The molecule has 2 aromatic rings. The van der Waals surface area contributed by atoms with Gasteiger partial charge in [-0.15, -0.1) is 0 Å². The van der Waals surface area contributed by atoms with Crippen molar-refractivity contribution in [1.82, 2.24) is 0 Å². The standard InChI is InChI=1S/C16H12FNO7/c17-11-6-10(13(15(19)20)16(21)22)7-12(14(11)18(23)24)25-8-9-4-2-1-3-5-9/h1-7,13H,8H2,(H,19,20)(H,21,22). The Balaban J connectivity index is 2.46. The van der Waals surface area contributed by atoms with Gasteiger partial charge in [0.25, 0.3) is 0 Å². The molecule has 0 amide bonds. The van der Waals surface area contributed by atoms with E-state index in [-0.39, 0.29) is 6.61 Å². The number of carboxylic acids is 2. The molecule has 0 bridgehead atoms. The van der Waals surface area contributed by atoms with Gasteiger partial charge in [0.2, 0.25) is 11.6 Å². The van der Waals surface area contributed by atoms with Crippen LogP contribution in [-0.4, -0.2) is 27.1 Å². The van der Waals surface area contributed by atoms with Crippen molar-refractivity contribution in [3.8, 4) is 5.75 Å². The van der Waals surface area contributed by atoms with Crippen LogP contribution in [0, 0.1) is 15.9 Å². The molecule has 0 aliphatic carbocycles. The molecule has 2 aromatic carbocycles. The molecule has 0 spiro atoms. The van der Waals surface area contributed by atoms with Gasteiger partial charge >= 0.3 is 17.6 Å². The van der Waals surface area contributed by atoms with Crippen molar-refractivity contribution < 1.29 is 33.9 Å². The molecule has 0 aliphatic heterocycles. The van der Waals surface area contributed by atoms with Gasteiger partial charge < -0.3 is 14.9 Å². The highest BCUT2D eigenvalue weighted by molar-refractivity contribution is 5.99. The normalized spacial score (nSPS) is 10.5. The van der Waals surface area contributed by atoms with Crippen LogP contribution in [0.4, 0.5) is 10.1 Å². The highest BCUT2D eigenvalue weighted by atomic mass is 19.1. The van der Waals surface area contributed by atoms with Crippen LogP contribution in [0.2, 0.25) is 0 Å². The fraction of sp³-hybridized carbons (Fsp3) is 0.125. The van der Waals surface area contributed by atoms with Crippen LogP contribution in [0.3, 0.4) is 0 Å². The number of aliphatic carboxylic acids is 2. The first kappa shape index (κ1) is 17.9. The third-order valence-electron chi connectivity index (χ3n) is 3.30. The van der Waals surface area contributed by atoms with Crippen molar-refractivity contribution in [3.05, 3.63) is 69.5 Å². The van der Waals surface area contributed by atoms with Crippen molar-refractivity contribution in [1.29, 1.82) is 0 Å². The van der Waals surface area contributed by atoms with Gasteiger partial charge in [-0.05, 0) is 23.3 Å². The first-order chi connectivity index (χ1) is 11.8. The molecular formula is C16H12FNO7. The number of halogens is 1. The number of ether oxygens (including phenoxy) is 1. The van der Waals surface area contributed by atoms with Crippen molar-refractivity contribution in [3.63, 3.8) is 0 Å². The number of nitro benzene ring substituents is 1. The zero-order valence-electron chi connectivity index (χ0n) is 12.6. The number of carboxylic acid groups (broad SMARTS) is 2. The highest BCUT2D eigenvalue weighted by Gasteiger charge is 2.32. The maximum Gasteiger partial charge on any atom is 0.346 e. The van der Waals surface area contributed by atoms with Gasteiger partial charge in [-0.1, -0.05) is 30.3 Å². The summed E-state index contributed by atoms with van der Waals surface area (Å²) in [5.74, 6) is -7.45. The molecule has 0 radical (unpaired) electrons. The Morgan fingerprint density at radius 2 is 1.76 bits per heavy atom. The minimum absolute atomic E-state index is 0.143. The summed E-state index contributed by atoms with van der Waals surface area (Å²) in [5, 5.41) is 29.0. The van der Waals surface area contributed by atoms with Crippen LogP contribution in [0.5, 0.6) is 5.75 Å². The molecule has 0 aliphatic rings. The minimum atomic E-state index is -2.07. The lowest BCUT2D eigenvalue weighted by atomic mass is 9.98. The molecule has 0 saturated heterocycles. The number of benzene rings is 2. The van der Waals surface area contributed by atoms with E-state index in [2.05, 4.69) is 0 Å². The summed E-state index contributed by atoms with van der Waals surface area (Å²) < 4.78 is 19.3. The number of rotatable bonds is 7. The SMILES string of the molecule is O=C(O)C(C(=O)O)c1cc(F)c([N+](=O)[O-])c(OCc2ccccc2)c1. The lowest BCUT2D eigenvalue weighted by Crippen LogP contribution is -2.21. The van der Waals surface area contributed by atoms with E-state index in [1.54, 1.807) is 30.3 Å². The molecule has 8 nitrogen and oxygen atoms in total. The van der Waals surface area contributed by atoms with E-state index in [0.29, 0.717) is 11.6 Å². The molecule has 130 valence electrons. The summed E-state index contributed by atoms with van der Waals surface area (Å²) in [6.45, 7) is -0.143. The predicted octanol–water partition coefficient (Wildman–Crippen LogP) is 2.57. The number of nitro groups is 1. The Morgan fingerprint density at radius 1 is 1.16 bits per heavy atom. The Morgan fingerprint density at radius 3 is 2.28 bits per heavy atom. The molecule has 0 saturated carbocycles. The van der Waals surface area contributed by atoms with Crippen molar-refractivity contribution in [2.24, 2.45) is 0 Å². The average molecular weight is 349 g/mol. The zero-order chi connectivity index (χ0) is 18.6. The largest absolute Gasteiger partial charge is 0.482 e. The van der Waals surface area contributed by atoms with Crippen LogP contribution in [-0.2, 0) is 16.2 Å². The number of hydrogen-bond acceptors (Lipinski definition) is 5. The monoisotopic (exact) mass is 349 g/mol. The van der Waals surface area contributed by atoms with Gasteiger partial charge in [0, 0.05) is 0 Å². The summed E-state index contributed by atoms with van der Waals surface area (Å²) in [7, 11) is 0. The molecule has 0 atom stereocenters. The second kappa shape index (κ2) is 7.39. The first-order valence-electron chi connectivity index (χ1n) is 6.91. The van der Waals surface area contributed by atoms with E-state index in [9.17, 15) is 24.1 Å². The lowest BCUT2D eigenvalue weighted by Gasteiger charge is -2.12. The smallest absolute Gasteiger partial charge is 0.346 e. The first-order valence-corrected chi connectivity index (χ1v) is 6.91. The molecule has 2 rings (SSSR count). The maximum absolute atomic E-state index is 14.1. The quantitative estimate of drug-likeness (QED) is 0.447. The molecular weight excluding hydrogens is 337 g/mol. The predicted molar refractivity (Wildman–Crippen MR) is 81.8 cm³/mol. The van der Waals surface area contributed by atoms with Gasteiger partial charge in [-0.3, -0.25) is 19.7 Å². The van der Waals surface area contributed by atoms with Gasteiger partial charge in [0.1, 0.15) is 6.61 Å². The van der Waals surface area contributed by atoms with E-state index in [1.807, 2.05) is 0 Å². The third-order valence-corrected chi connectivity index (χ3v) is 3.30. The Bertz CT molecular complexity index is 809. The van der Waals surface area contributed by atoms with E-state index in [1.165, 1.54) is 0 Å². The summed E-state index contributed by atoms with van der Waals surface area (Å²) in [4.78, 5) is 32.2.